The molecule has 4 nitrogen and oxygen atoms in total. The molecule has 0 saturated heterocycles. The van der Waals surface area contributed by atoms with E-state index in [9.17, 15) is 0 Å². The molecule has 1 aromatic heterocycles. The van der Waals surface area contributed by atoms with E-state index in [1.807, 2.05) is 10.9 Å². The molecule has 0 aliphatic carbocycles. The van der Waals surface area contributed by atoms with Crippen LogP contribution in [0.2, 0.25) is 0 Å². The molecule has 0 amide bonds. The van der Waals surface area contributed by atoms with Crippen molar-refractivity contribution in [1.29, 1.82) is 0 Å². The molecular weight excluding hydrogens is 296 g/mol. The average Bonchev–Trinajstić information content (AvgIpc) is 2.97. The Morgan fingerprint density at radius 2 is 1.83 bits per heavy atom. The van der Waals surface area contributed by atoms with Crippen LogP contribution in [0.5, 0.6) is 0 Å². The molecule has 0 bridgehead atoms. The lowest BCUT2D eigenvalue weighted by Crippen LogP contribution is -2.26. The van der Waals surface area contributed by atoms with Gasteiger partial charge in [-0.1, -0.05) is 55.5 Å². The summed E-state index contributed by atoms with van der Waals surface area (Å²) in [7, 11) is 0. The molecule has 1 aliphatic heterocycles. The molecule has 0 spiro atoms. The summed E-state index contributed by atoms with van der Waals surface area (Å²) in [5.74, 6) is 0.633. The summed E-state index contributed by atoms with van der Waals surface area (Å²) in [5, 5.41) is 8.44. The Balaban J connectivity index is 1.79. The molecule has 0 saturated carbocycles. The van der Waals surface area contributed by atoms with Crippen molar-refractivity contribution in [1.82, 2.24) is 19.9 Å². The standard InChI is InChI=1S/C20H22N4/c1-15(2)12-23-13-18-10-17(16-6-4-3-5-7-16)8-9-20(18)24-19(14-23)11-21-22-24/h3-11,15H,12-14H2,1-2H3. The van der Waals surface area contributed by atoms with Crippen molar-refractivity contribution in [2.24, 2.45) is 5.92 Å². The first-order valence-corrected chi connectivity index (χ1v) is 8.51. The van der Waals surface area contributed by atoms with Gasteiger partial charge >= 0.3 is 0 Å². The Hall–Kier alpha value is -2.46. The molecule has 1 aliphatic rings. The van der Waals surface area contributed by atoms with Gasteiger partial charge in [0.1, 0.15) is 0 Å². The fourth-order valence-electron chi connectivity index (χ4n) is 3.47. The van der Waals surface area contributed by atoms with Crippen LogP contribution in [0.1, 0.15) is 25.1 Å². The molecule has 4 heteroatoms. The molecule has 0 radical (unpaired) electrons. The Labute approximate surface area is 142 Å². The minimum atomic E-state index is 0.633. The highest BCUT2D eigenvalue weighted by Gasteiger charge is 2.21. The van der Waals surface area contributed by atoms with Gasteiger partial charge in [-0.3, -0.25) is 4.90 Å². The molecular formula is C20H22N4. The first-order valence-electron chi connectivity index (χ1n) is 8.51. The topological polar surface area (TPSA) is 34.0 Å². The van der Waals surface area contributed by atoms with Crippen LogP contribution in [0.3, 0.4) is 0 Å². The molecule has 2 heterocycles. The van der Waals surface area contributed by atoms with E-state index in [2.05, 4.69) is 77.6 Å². The van der Waals surface area contributed by atoms with Crippen molar-refractivity contribution in [2.45, 2.75) is 26.9 Å². The maximum Gasteiger partial charge on any atom is 0.0786 e. The number of hydrogen-bond acceptors (Lipinski definition) is 3. The highest BCUT2D eigenvalue weighted by Crippen LogP contribution is 2.28. The third-order valence-electron chi connectivity index (χ3n) is 4.44. The Morgan fingerprint density at radius 3 is 2.62 bits per heavy atom. The van der Waals surface area contributed by atoms with Gasteiger partial charge in [-0.2, -0.15) is 0 Å². The molecule has 0 N–H and O–H groups in total. The SMILES string of the molecule is CC(C)CN1Cc2cc(-c3ccccc3)ccc2-n2nncc2C1. The first kappa shape index (κ1) is 15.1. The molecule has 2 aromatic carbocycles. The lowest BCUT2D eigenvalue weighted by molar-refractivity contribution is 0.228. The van der Waals surface area contributed by atoms with E-state index in [4.69, 9.17) is 0 Å². The lowest BCUT2D eigenvalue weighted by Gasteiger charge is -2.22. The number of aromatic nitrogens is 3. The van der Waals surface area contributed by atoms with Crippen LogP contribution in [-0.4, -0.2) is 26.4 Å². The van der Waals surface area contributed by atoms with Gasteiger partial charge in [0.05, 0.1) is 17.6 Å². The molecule has 0 atom stereocenters. The van der Waals surface area contributed by atoms with Crippen molar-refractivity contribution in [2.75, 3.05) is 6.54 Å². The normalized spacial score (nSPS) is 14.3. The van der Waals surface area contributed by atoms with Crippen molar-refractivity contribution >= 4 is 0 Å². The predicted octanol–water partition coefficient (Wildman–Crippen LogP) is 3.91. The van der Waals surface area contributed by atoms with Crippen LogP contribution in [0, 0.1) is 5.92 Å². The number of nitrogens with zero attached hydrogens (tertiary/aromatic N) is 4. The van der Waals surface area contributed by atoms with Gasteiger partial charge in [-0.05, 0) is 34.7 Å². The average molecular weight is 318 g/mol. The summed E-state index contributed by atoms with van der Waals surface area (Å²) in [6, 6.07) is 17.2. The van der Waals surface area contributed by atoms with Crippen molar-refractivity contribution in [3.63, 3.8) is 0 Å². The fraction of sp³-hybridized carbons (Fsp3) is 0.300. The zero-order chi connectivity index (χ0) is 16.5. The quantitative estimate of drug-likeness (QED) is 0.734. The summed E-state index contributed by atoms with van der Waals surface area (Å²) in [4.78, 5) is 2.49. The van der Waals surface area contributed by atoms with Gasteiger partial charge < -0.3 is 0 Å². The van der Waals surface area contributed by atoms with Crippen molar-refractivity contribution < 1.29 is 0 Å². The van der Waals surface area contributed by atoms with Crippen LogP contribution in [0.15, 0.2) is 54.7 Å². The van der Waals surface area contributed by atoms with E-state index >= 15 is 0 Å². The van der Waals surface area contributed by atoms with Crippen molar-refractivity contribution in [3.8, 4) is 16.8 Å². The highest BCUT2D eigenvalue weighted by atomic mass is 15.4. The molecule has 0 unspecified atom stereocenters. The number of benzene rings is 2. The second kappa shape index (κ2) is 6.21. The van der Waals surface area contributed by atoms with E-state index in [0.29, 0.717) is 5.92 Å². The van der Waals surface area contributed by atoms with Gasteiger partial charge in [0.15, 0.2) is 0 Å². The number of fused-ring (bicyclic) bond motifs is 3. The van der Waals surface area contributed by atoms with Crippen LogP contribution in [0.4, 0.5) is 0 Å². The summed E-state index contributed by atoms with van der Waals surface area (Å²) < 4.78 is 1.99. The minimum absolute atomic E-state index is 0.633. The fourth-order valence-corrected chi connectivity index (χ4v) is 3.47. The summed E-state index contributed by atoms with van der Waals surface area (Å²) in [6.07, 6.45) is 1.88. The zero-order valence-corrected chi connectivity index (χ0v) is 14.2. The Kier molecular flexibility index (Phi) is 3.90. The van der Waals surface area contributed by atoms with Crippen LogP contribution < -0.4 is 0 Å². The van der Waals surface area contributed by atoms with Gasteiger partial charge in [-0.15, -0.1) is 5.10 Å². The lowest BCUT2D eigenvalue weighted by atomic mass is 10.0. The third-order valence-corrected chi connectivity index (χ3v) is 4.44. The second-order valence-electron chi connectivity index (χ2n) is 6.91. The van der Waals surface area contributed by atoms with E-state index in [-0.39, 0.29) is 0 Å². The third kappa shape index (κ3) is 2.85. The maximum absolute atomic E-state index is 4.31. The summed E-state index contributed by atoms with van der Waals surface area (Å²) in [5.41, 5.74) is 6.11. The molecule has 122 valence electrons. The first-order chi connectivity index (χ1) is 11.7. The molecule has 4 rings (SSSR count). The summed E-state index contributed by atoms with van der Waals surface area (Å²) in [6.45, 7) is 7.43. The van der Waals surface area contributed by atoms with Gasteiger partial charge in [0.2, 0.25) is 0 Å². The summed E-state index contributed by atoms with van der Waals surface area (Å²) >= 11 is 0. The maximum atomic E-state index is 4.31. The van der Waals surface area contributed by atoms with Gasteiger partial charge in [-0.25, -0.2) is 4.68 Å². The zero-order valence-electron chi connectivity index (χ0n) is 14.2. The van der Waals surface area contributed by atoms with Gasteiger partial charge in [0.25, 0.3) is 0 Å². The van der Waals surface area contributed by atoms with E-state index in [1.165, 1.54) is 16.7 Å². The van der Waals surface area contributed by atoms with Crippen LogP contribution in [0.25, 0.3) is 16.8 Å². The van der Waals surface area contributed by atoms with Crippen LogP contribution in [-0.2, 0) is 13.1 Å². The molecule has 24 heavy (non-hydrogen) atoms. The Bertz CT molecular complexity index is 836. The minimum Gasteiger partial charge on any atom is -0.293 e. The smallest absolute Gasteiger partial charge is 0.0786 e. The van der Waals surface area contributed by atoms with E-state index in [0.717, 1.165) is 31.0 Å². The largest absolute Gasteiger partial charge is 0.293 e. The predicted molar refractivity (Wildman–Crippen MR) is 95.7 cm³/mol. The highest BCUT2D eigenvalue weighted by molar-refractivity contribution is 5.66. The van der Waals surface area contributed by atoms with E-state index < -0.39 is 0 Å². The number of hydrogen-bond donors (Lipinski definition) is 0. The van der Waals surface area contributed by atoms with E-state index in [1.54, 1.807) is 0 Å². The Morgan fingerprint density at radius 1 is 1.00 bits per heavy atom. The van der Waals surface area contributed by atoms with Gasteiger partial charge in [0, 0.05) is 19.6 Å². The molecule has 0 fully saturated rings. The second-order valence-corrected chi connectivity index (χ2v) is 6.91. The van der Waals surface area contributed by atoms with Crippen molar-refractivity contribution in [3.05, 3.63) is 66.0 Å². The molecule has 3 aromatic rings. The number of rotatable bonds is 3. The monoisotopic (exact) mass is 318 g/mol. The van der Waals surface area contributed by atoms with Crippen LogP contribution >= 0.6 is 0 Å².